The van der Waals surface area contributed by atoms with Crippen LogP contribution in [0.5, 0.6) is 0 Å². The lowest BCUT2D eigenvalue weighted by molar-refractivity contribution is 0.276. The molecular formula is C30H25N5O. The van der Waals surface area contributed by atoms with Gasteiger partial charge in [0.2, 0.25) is 0 Å². The zero-order valence-electron chi connectivity index (χ0n) is 19.8. The summed E-state index contributed by atoms with van der Waals surface area (Å²) in [5.74, 6) is 0. The quantitative estimate of drug-likeness (QED) is 0.266. The smallest absolute Gasteiger partial charge is 0.0924 e. The van der Waals surface area contributed by atoms with Gasteiger partial charge in [-0.25, -0.2) is 0 Å². The van der Waals surface area contributed by atoms with Gasteiger partial charge in [-0.15, -0.1) is 0 Å². The fourth-order valence-electron chi connectivity index (χ4n) is 4.70. The second-order valence-corrected chi connectivity index (χ2v) is 8.87. The van der Waals surface area contributed by atoms with Gasteiger partial charge in [0.15, 0.2) is 0 Å². The molecule has 0 saturated heterocycles. The van der Waals surface area contributed by atoms with E-state index in [-0.39, 0.29) is 12.6 Å². The third kappa shape index (κ3) is 3.97. The Kier molecular flexibility index (Phi) is 5.64. The van der Waals surface area contributed by atoms with Gasteiger partial charge in [0, 0.05) is 33.8 Å². The predicted molar refractivity (Wildman–Crippen MR) is 145 cm³/mol. The molecule has 0 bridgehead atoms. The van der Waals surface area contributed by atoms with Crippen molar-refractivity contribution in [3.8, 4) is 22.4 Å². The second kappa shape index (κ2) is 9.24. The summed E-state index contributed by atoms with van der Waals surface area (Å²) < 4.78 is 0. The van der Waals surface area contributed by atoms with Crippen molar-refractivity contribution in [2.24, 2.45) is 0 Å². The molecule has 3 heterocycles. The Labute approximate surface area is 208 Å². The van der Waals surface area contributed by atoms with Gasteiger partial charge in [-0.2, -0.15) is 5.10 Å². The fraction of sp³-hybridized carbons (Fsp3) is 0.100. The van der Waals surface area contributed by atoms with Gasteiger partial charge < -0.3 is 10.4 Å². The number of fused-ring (bicyclic) bond motifs is 2. The Morgan fingerprint density at radius 1 is 0.889 bits per heavy atom. The van der Waals surface area contributed by atoms with Crippen molar-refractivity contribution < 1.29 is 5.11 Å². The van der Waals surface area contributed by atoms with Gasteiger partial charge >= 0.3 is 0 Å². The van der Waals surface area contributed by atoms with Crippen molar-refractivity contribution in [1.82, 2.24) is 20.2 Å². The number of rotatable bonds is 6. The molecular weight excluding hydrogens is 446 g/mol. The predicted octanol–water partition coefficient (Wildman–Crippen LogP) is 6.29. The van der Waals surface area contributed by atoms with Crippen molar-refractivity contribution in [2.45, 2.75) is 13.0 Å². The highest BCUT2D eigenvalue weighted by Gasteiger charge is 2.17. The third-order valence-electron chi connectivity index (χ3n) is 6.56. The van der Waals surface area contributed by atoms with Crippen LogP contribution in [0.1, 0.15) is 17.3 Å². The van der Waals surface area contributed by atoms with Crippen molar-refractivity contribution in [2.75, 3.05) is 11.9 Å². The summed E-state index contributed by atoms with van der Waals surface area (Å²) in [5, 5.41) is 23.2. The average Bonchev–Trinajstić information content (AvgIpc) is 3.31. The van der Waals surface area contributed by atoms with Gasteiger partial charge in [-0.05, 0) is 42.3 Å². The maximum absolute atomic E-state index is 10.1. The number of aromatic nitrogens is 4. The molecule has 0 aliphatic heterocycles. The summed E-state index contributed by atoms with van der Waals surface area (Å²) in [7, 11) is 0. The number of aromatic amines is 1. The highest BCUT2D eigenvalue weighted by Crippen LogP contribution is 2.37. The summed E-state index contributed by atoms with van der Waals surface area (Å²) >= 11 is 0. The van der Waals surface area contributed by atoms with Crippen molar-refractivity contribution in [3.05, 3.63) is 109 Å². The molecule has 0 saturated carbocycles. The van der Waals surface area contributed by atoms with E-state index in [0.717, 1.165) is 61.1 Å². The first-order valence-corrected chi connectivity index (χ1v) is 11.9. The van der Waals surface area contributed by atoms with Crippen LogP contribution in [0.15, 0.2) is 97.3 Å². The molecule has 0 radical (unpaired) electrons. The molecule has 6 aromatic rings. The molecule has 0 spiro atoms. The molecule has 3 N–H and O–H groups in total. The largest absolute Gasteiger partial charge is 0.394 e. The molecule has 6 rings (SSSR count). The van der Waals surface area contributed by atoms with Crippen LogP contribution in [0.25, 0.3) is 44.2 Å². The summed E-state index contributed by atoms with van der Waals surface area (Å²) in [6.45, 7) is 1.99. The summed E-state index contributed by atoms with van der Waals surface area (Å²) in [5.41, 5.74) is 8.53. The van der Waals surface area contributed by atoms with Gasteiger partial charge in [0.25, 0.3) is 0 Å². The number of aliphatic hydroxyl groups excluding tert-OH is 1. The standard InChI is InChI=1S/C30H25N5O/c1-19-25-15-22(12-13-27(25)35-34-19)26-16-23(33-28(18-36)20-7-3-2-4-8-20)17-32-30(26)24-11-5-9-21-10-6-14-31-29(21)24/h2-17,28,33,36H,18H2,1H3,(H,34,35). The minimum absolute atomic E-state index is 0.0332. The van der Waals surface area contributed by atoms with Gasteiger partial charge in [-0.3, -0.25) is 15.1 Å². The molecule has 0 aliphatic rings. The number of aryl methyl sites for hydroxylation is 1. The van der Waals surface area contributed by atoms with Crippen LogP contribution in [-0.2, 0) is 0 Å². The number of nitrogens with zero attached hydrogens (tertiary/aromatic N) is 3. The number of H-pyrrole nitrogens is 1. The first-order valence-electron chi connectivity index (χ1n) is 11.9. The van der Waals surface area contributed by atoms with Gasteiger partial charge in [-0.1, -0.05) is 60.7 Å². The Hall–Kier alpha value is -4.55. The maximum atomic E-state index is 10.1. The molecule has 0 fully saturated rings. The maximum Gasteiger partial charge on any atom is 0.0924 e. The number of pyridine rings is 2. The zero-order valence-corrected chi connectivity index (χ0v) is 19.8. The van der Waals surface area contributed by atoms with Crippen LogP contribution in [0.3, 0.4) is 0 Å². The number of nitrogens with one attached hydrogen (secondary N) is 2. The van der Waals surface area contributed by atoms with E-state index in [2.05, 4.69) is 56.9 Å². The normalized spacial score (nSPS) is 12.2. The minimum Gasteiger partial charge on any atom is -0.394 e. The molecule has 1 unspecified atom stereocenters. The second-order valence-electron chi connectivity index (χ2n) is 8.87. The zero-order chi connectivity index (χ0) is 24.5. The Morgan fingerprint density at radius 3 is 2.61 bits per heavy atom. The van der Waals surface area contributed by atoms with Crippen LogP contribution in [0, 0.1) is 6.92 Å². The van der Waals surface area contributed by atoms with Gasteiger partial charge in [0.05, 0.1) is 41.3 Å². The first-order chi connectivity index (χ1) is 17.7. The first kappa shape index (κ1) is 21.9. The van der Waals surface area contributed by atoms with E-state index in [1.54, 1.807) is 0 Å². The molecule has 1 atom stereocenters. The number of aliphatic hydroxyl groups is 1. The third-order valence-corrected chi connectivity index (χ3v) is 6.56. The van der Waals surface area contributed by atoms with E-state index >= 15 is 0 Å². The van der Waals surface area contributed by atoms with E-state index in [4.69, 9.17) is 4.98 Å². The Bertz CT molecular complexity index is 1670. The molecule has 0 aliphatic carbocycles. The monoisotopic (exact) mass is 471 g/mol. The van der Waals surface area contributed by atoms with Crippen LogP contribution in [0.2, 0.25) is 0 Å². The lowest BCUT2D eigenvalue weighted by Crippen LogP contribution is -2.15. The van der Waals surface area contributed by atoms with E-state index in [1.165, 1.54) is 0 Å². The van der Waals surface area contributed by atoms with Crippen molar-refractivity contribution in [3.63, 3.8) is 0 Å². The molecule has 0 amide bonds. The van der Waals surface area contributed by atoms with Crippen molar-refractivity contribution in [1.29, 1.82) is 0 Å². The topological polar surface area (TPSA) is 86.7 Å². The molecule has 6 nitrogen and oxygen atoms in total. The lowest BCUT2D eigenvalue weighted by atomic mass is 9.96. The van der Waals surface area contributed by atoms with E-state index in [9.17, 15) is 5.11 Å². The van der Waals surface area contributed by atoms with Crippen LogP contribution < -0.4 is 5.32 Å². The van der Waals surface area contributed by atoms with Crippen molar-refractivity contribution >= 4 is 27.5 Å². The summed E-state index contributed by atoms with van der Waals surface area (Å²) in [6, 6.07) is 28.2. The number of hydrogen-bond donors (Lipinski definition) is 3. The van der Waals surface area contributed by atoms with Gasteiger partial charge in [0.1, 0.15) is 0 Å². The number of hydrogen-bond acceptors (Lipinski definition) is 5. The van der Waals surface area contributed by atoms with E-state index in [0.29, 0.717) is 0 Å². The Morgan fingerprint density at radius 2 is 1.75 bits per heavy atom. The number of anilines is 1. The lowest BCUT2D eigenvalue weighted by Gasteiger charge is -2.20. The molecule has 36 heavy (non-hydrogen) atoms. The molecule has 176 valence electrons. The van der Waals surface area contributed by atoms with Crippen LogP contribution >= 0.6 is 0 Å². The molecule has 3 aromatic carbocycles. The van der Waals surface area contributed by atoms with E-state index in [1.807, 2.05) is 67.8 Å². The fourth-order valence-corrected chi connectivity index (χ4v) is 4.70. The summed E-state index contributed by atoms with van der Waals surface area (Å²) in [4.78, 5) is 9.61. The van der Waals surface area contributed by atoms with Crippen LogP contribution in [-0.4, -0.2) is 31.9 Å². The number of benzene rings is 3. The van der Waals surface area contributed by atoms with E-state index < -0.39 is 0 Å². The summed E-state index contributed by atoms with van der Waals surface area (Å²) in [6.07, 6.45) is 3.64. The van der Waals surface area contributed by atoms with Crippen LogP contribution in [0.4, 0.5) is 5.69 Å². The minimum atomic E-state index is -0.246. The molecule has 6 heteroatoms. The average molecular weight is 472 g/mol. The highest BCUT2D eigenvalue weighted by molar-refractivity contribution is 5.98. The Balaban J connectivity index is 1.52. The highest BCUT2D eigenvalue weighted by atomic mass is 16.3. The SMILES string of the molecule is Cc1[nH]nc2ccc(-c3cc(NC(CO)c4ccccc4)cnc3-c3cccc4cccnc34)cc12. The number of para-hydroxylation sites is 1. The molecule has 3 aromatic heterocycles.